The Hall–Kier alpha value is -1.48. The van der Waals surface area contributed by atoms with Gasteiger partial charge in [0.15, 0.2) is 5.17 Å². The molecule has 0 spiro atoms. The molecule has 2 heterocycles. The third-order valence-corrected chi connectivity index (χ3v) is 5.49. The Balaban J connectivity index is 1.77. The van der Waals surface area contributed by atoms with E-state index in [-0.39, 0.29) is 11.0 Å². The van der Waals surface area contributed by atoms with Crippen molar-refractivity contribution >= 4 is 79.1 Å². The standard InChI is InChI=1S/C13H8ClN3O2S3/c14-9-6-3-1-2-4-7(6)22-10(9)11(19)16-12(20)17-13-15-8(18)5-21-13/h1-4H,5H2,(H2,15,16,17,18,19,20). The molecule has 1 saturated heterocycles. The molecule has 2 aromatic rings. The van der Waals surface area contributed by atoms with Crippen LogP contribution in [0.3, 0.4) is 0 Å². The van der Waals surface area contributed by atoms with Crippen LogP contribution in [0.4, 0.5) is 0 Å². The summed E-state index contributed by atoms with van der Waals surface area (Å²) >= 11 is 13.8. The summed E-state index contributed by atoms with van der Waals surface area (Å²) in [5.41, 5.74) is 0. The van der Waals surface area contributed by atoms with Crippen LogP contribution >= 0.6 is 46.9 Å². The van der Waals surface area contributed by atoms with Gasteiger partial charge < -0.3 is 5.32 Å². The predicted molar refractivity (Wildman–Crippen MR) is 94.9 cm³/mol. The van der Waals surface area contributed by atoms with Crippen molar-refractivity contribution < 1.29 is 9.59 Å². The zero-order valence-corrected chi connectivity index (χ0v) is 14.1. The molecule has 1 aliphatic heterocycles. The molecule has 3 rings (SSSR count). The highest BCUT2D eigenvalue weighted by Gasteiger charge is 2.20. The summed E-state index contributed by atoms with van der Waals surface area (Å²) in [6.07, 6.45) is 0. The Morgan fingerprint density at radius 1 is 1.41 bits per heavy atom. The van der Waals surface area contributed by atoms with Crippen LogP contribution in [0, 0.1) is 0 Å². The van der Waals surface area contributed by atoms with Crippen molar-refractivity contribution in [1.82, 2.24) is 10.6 Å². The molecule has 0 unspecified atom stereocenters. The van der Waals surface area contributed by atoms with Gasteiger partial charge in [-0.15, -0.1) is 11.3 Å². The minimum atomic E-state index is -0.408. The summed E-state index contributed by atoms with van der Waals surface area (Å²) in [6.45, 7) is 0. The zero-order valence-electron chi connectivity index (χ0n) is 10.9. The van der Waals surface area contributed by atoms with Crippen LogP contribution in [0.15, 0.2) is 29.3 Å². The van der Waals surface area contributed by atoms with Crippen molar-refractivity contribution in [1.29, 1.82) is 0 Å². The van der Waals surface area contributed by atoms with E-state index in [1.54, 1.807) is 0 Å². The van der Waals surface area contributed by atoms with Gasteiger partial charge in [0.2, 0.25) is 11.0 Å². The maximum atomic E-state index is 12.2. The molecule has 2 amide bonds. The van der Waals surface area contributed by atoms with Crippen LogP contribution in [0.2, 0.25) is 5.02 Å². The molecule has 1 aromatic carbocycles. The molecule has 0 atom stereocenters. The second-order valence-corrected chi connectivity index (χ2v) is 7.04. The summed E-state index contributed by atoms with van der Waals surface area (Å²) in [7, 11) is 0. The Labute approximate surface area is 144 Å². The molecule has 5 nitrogen and oxygen atoms in total. The monoisotopic (exact) mass is 369 g/mol. The number of hydrogen-bond donors (Lipinski definition) is 2. The van der Waals surface area contributed by atoms with E-state index in [9.17, 15) is 9.59 Å². The number of benzene rings is 1. The lowest BCUT2D eigenvalue weighted by molar-refractivity contribution is -0.116. The van der Waals surface area contributed by atoms with Crippen molar-refractivity contribution in [2.75, 3.05) is 5.75 Å². The first kappa shape index (κ1) is 15.4. The van der Waals surface area contributed by atoms with Gasteiger partial charge in [0.05, 0.1) is 10.8 Å². The Morgan fingerprint density at radius 2 is 2.18 bits per heavy atom. The first-order valence-electron chi connectivity index (χ1n) is 6.08. The number of halogens is 1. The zero-order chi connectivity index (χ0) is 15.7. The number of nitrogens with one attached hydrogen (secondary N) is 2. The number of amides is 2. The smallest absolute Gasteiger partial charge is 0.269 e. The first-order valence-corrected chi connectivity index (χ1v) is 8.67. The largest absolute Gasteiger partial charge is 0.304 e. The Morgan fingerprint density at radius 3 is 2.86 bits per heavy atom. The lowest BCUT2D eigenvalue weighted by Crippen LogP contribution is -2.29. The third-order valence-electron chi connectivity index (χ3n) is 2.75. The topological polar surface area (TPSA) is 70.6 Å². The fourth-order valence-electron chi connectivity index (χ4n) is 1.82. The molecule has 0 saturated carbocycles. The molecule has 9 heteroatoms. The van der Waals surface area contributed by atoms with Crippen molar-refractivity contribution in [2.24, 2.45) is 4.99 Å². The minimum absolute atomic E-state index is 0.0109. The van der Waals surface area contributed by atoms with Gasteiger partial charge in [0.1, 0.15) is 4.88 Å². The number of carbonyl (C=O) groups is 2. The van der Waals surface area contributed by atoms with Crippen LogP contribution in [0.1, 0.15) is 9.67 Å². The van der Waals surface area contributed by atoms with Crippen molar-refractivity contribution in [3.05, 3.63) is 34.2 Å². The van der Waals surface area contributed by atoms with E-state index in [2.05, 4.69) is 15.6 Å². The van der Waals surface area contributed by atoms with Crippen LogP contribution in [-0.2, 0) is 4.79 Å². The average molecular weight is 370 g/mol. The van der Waals surface area contributed by atoms with Gasteiger partial charge in [-0.1, -0.05) is 41.6 Å². The van der Waals surface area contributed by atoms with E-state index >= 15 is 0 Å². The van der Waals surface area contributed by atoms with E-state index in [1.165, 1.54) is 23.1 Å². The normalized spacial score (nSPS) is 16.0. The number of aliphatic imine (C=N–C) groups is 1. The molecule has 1 aliphatic rings. The summed E-state index contributed by atoms with van der Waals surface area (Å²) < 4.78 is 0.925. The highest BCUT2D eigenvalue weighted by molar-refractivity contribution is 8.15. The number of nitrogens with zero attached hydrogens (tertiary/aromatic N) is 1. The number of carbonyl (C=O) groups excluding carboxylic acids is 2. The van der Waals surface area contributed by atoms with Gasteiger partial charge >= 0.3 is 0 Å². The highest BCUT2D eigenvalue weighted by atomic mass is 35.5. The molecule has 22 heavy (non-hydrogen) atoms. The molecular weight excluding hydrogens is 362 g/mol. The fourth-order valence-corrected chi connectivity index (χ4v) is 4.16. The Bertz CT molecular complexity index is 831. The van der Waals surface area contributed by atoms with Gasteiger partial charge in [-0.05, 0) is 18.3 Å². The van der Waals surface area contributed by atoms with Crippen LogP contribution in [-0.4, -0.2) is 27.8 Å². The van der Waals surface area contributed by atoms with E-state index in [0.717, 1.165) is 10.1 Å². The minimum Gasteiger partial charge on any atom is -0.304 e. The van der Waals surface area contributed by atoms with Crippen molar-refractivity contribution in [3.8, 4) is 0 Å². The van der Waals surface area contributed by atoms with E-state index < -0.39 is 5.91 Å². The molecule has 112 valence electrons. The summed E-state index contributed by atoms with van der Waals surface area (Å²) in [5, 5.41) is 6.65. The van der Waals surface area contributed by atoms with Crippen LogP contribution < -0.4 is 10.6 Å². The summed E-state index contributed by atoms with van der Waals surface area (Å²) in [4.78, 5) is 27.7. The first-order chi connectivity index (χ1) is 10.5. The lowest BCUT2D eigenvalue weighted by Gasteiger charge is -2.02. The maximum absolute atomic E-state index is 12.2. The number of hydrogen-bond acceptors (Lipinski definition) is 5. The average Bonchev–Trinajstić information content (AvgIpc) is 3.03. The highest BCUT2D eigenvalue weighted by Crippen LogP contribution is 2.34. The van der Waals surface area contributed by atoms with Gasteiger partial charge in [-0.25, -0.2) is 0 Å². The molecule has 0 bridgehead atoms. The number of thioether (sulfide) groups is 1. The second-order valence-electron chi connectivity index (χ2n) is 4.25. The number of thiocarbonyl (C=S) groups is 1. The third kappa shape index (κ3) is 3.14. The lowest BCUT2D eigenvalue weighted by atomic mass is 10.2. The molecule has 1 aromatic heterocycles. The maximum Gasteiger partial charge on any atom is 0.269 e. The van der Waals surface area contributed by atoms with Gasteiger partial charge in [0, 0.05) is 10.1 Å². The predicted octanol–water partition coefficient (Wildman–Crippen LogP) is 2.79. The molecule has 1 fully saturated rings. The fraction of sp³-hybridized carbons (Fsp3) is 0.0769. The van der Waals surface area contributed by atoms with Gasteiger partial charge in [-0.2, -0.15) is 4.99 Å². The van der Waals surface area contributed by atoms with Crippen molar-refractivity contribution in [2.45, 2.75) is 0 Å². The number of thiophene rings is 1. The number of fused-ring (bicyclic) bond motifs is 1. The second kappa shape index (κ2) is 6.33. The number of amidine groups is 1. The van der Waals surface area contributed by atoms with Crippen LogP contribution in [0.25, 0.3) is 10.1 Å². The van der Waals surface area contributed by atoms with Gasteiger partial charge in [-0.3, -0.25) is 14.9 Å². The number of rotatable bonds is 1. The van der Waals surface area contributed by atoms with Gasteiger partial charge in [0.25, 0.3) is 5.91 Å². The molecule has 2 N–H and O–H groups in total. The van der Waals surface area contributed by atoms with Crippen LogP contribution in [0.5, 0.6) is 0 Å². The van der Waals surface area contributed by atoms with E-state index in [1.807, 2.05) is 24.3 Å². The quantitative estimate of drug-likeness (QED) is 0.758. The Kier molecular flexibility index (Phi) is 4.44. The van der Waals surface area contributed by atoms with E-state index in [0.29, 0.717) is 20.8 Å². The molecule has 0 aliphatic carbocycles. The molecule has 0 radical (unpaired) electrons. The SMILES string of the molecule is O=C1CS/C(=N\C(=S)NC(=O)c2sc3ccccc3c2Cl)N1. The van der Waals surface area contributed by atoms with Crippen molar-refractivity contribution in [3.63, 3.8) is 0 Å². The molecular formula is C13H8ClN3O2S3. The summed E-state index contributed by atoms with van der Waals surface area (Å²) in [6, 6.07) is 7.49. The van der Waals surface area contributed by atoms with E-state index in [4.69, 9.17) is 23.8 Å². The summed E-state index contributed by atoms with van der Waals surface area (Å²) in [5.74, 6) is -0.238.